The molecule has 1 aliphatic heterocycles. The number of rotatable bonds is 2. The molecule has 1 heterocycles. The Morgan fingerprint density at radius 3 is 2.38 bits per heavy atom. The summed E-state index contributed by atoms with van der Waals surface area (Å²) in [6.45, 7) is 1.63. The monoisotopic (exact) mass is 252 g/mol. The van der Waals surface area contributed by atoms with Gasteiger partial charge in [0.1, 0.15) is 0 Å². The molecule has 0 radical (unpaired) electrons. The maximum atomic E-state index is 11.3. The third-order valence-corrected chi connectivity index (χ3v) is 4.01. The molecule has 2 nitrogen and oxygen atoms in total. The fourth-order valence-corrected chi connectivity index (χ4v) is 2.43. The zero-order chi connectivity index (χ0) is 9.84. The topological polar surface area (TPSA) is 26.3 Å². The molecule has 6 heteroatoms. The molecule has 0 amide bonds. The van der Waals surface area contributed by atoms with Gasteiger partial charge in [-0.05, 0) is 17.7 Å². The van der Waals surface area contributed by atoms with E-state index in [1.807, 2.05) is 10.8 Å². The minimum atomic E-state index is -0.367. The standard InChI is InChI=1S/C7H8O2S4/c1-4(6(10)11)5(8)9-7-12-2-3-13-7/h2-3,7,10-11H,1H3. The van der Waals surface area contributed by atoms with Crippen molar-refractivity contribution in [3.8, 4) is 0 Å². The lowest BCUT2D eigenvalue weighted by molar-refractivity contribution is -0.137. The first-order valence-electron chi connectivity index (χ1n) is 3.37. The van der Waals surface area contributed by atoms with Crippen molar-refractivity contribution in [2.75, 3.05) is 0 Å². The summed E-state index contributed by atoms with van der Waals surface area (Å²) in [6, 6.07) is 0. The summed E-state index contributed by atoms with van der Waals surface area (Å²) in [5, 5.41) is 3.79. The van der Waals surface area contributed by atoms with E-state index < -0.39 is 0 Å². The van der Waals surface area contributed by atoms with Crippen molar-refractivity contribution in [1.82, 2.24) is 0 Å². The Morgan fingerprint density at radius 2 is 1.92 bits per heavy atom. The van der Waals surface area contributed by atoms with Gasteiger partial charge >= 0.3 is 5.97 Å². The molecule has 1 rings (SSSR count). The summed E-state index contributed by atoms with van der Waals surface area (Å²) < 4.78 is 5.33. The number of hydrogen-bond acceptors (Lipinski definition) is 6. The van der Waals surface area contributed by atoms with Crippen LogP contribution in [0.4, 0.5) is 0 Å². The summed E-state index contributed by atoms with van der Waals surface area (Å²) in [5.74, 6) is -0.367. The highest BCUT2D eigenvalue weighted by atomic mass is 32.2. The molecular formula is C7H8O2S4. The molecule has 0 saturated carbocycles. The molecule has 0 bridgehead atoms. The molecule has 0 aliphatic carbocycles. The molecular weight excluding hydrogens is 244 g/mol. The molecule has 0 N–H and O–H groups in total. The lowest BCUT2D eigenvalue weighted by Crippen LogP contribution is -2.11. The summed E-state index contributed by atoms with van der Waals surface area (Å²) in [7, 11) is 0. The van der Waals surface area contributed by atoms with Crippen LogP contribution in [0.5, 0.6) is 0 Å². The predicted octanol–water partition coefficient (Wildman–Crippen LogP) is 2.86. The molecule has 0 saturated heterocycles. The normalized spacial score (nSPS) is 15.9. The van der Waals surface area contributed by atoms with Gasteiger partial charge < -0.3 is 4.74 Å². The second-order valence-corrected chi connectivity index (χ2v) is 5.68. The van der Waals surface area contributed by atoms with E-state index in [2.05, 4.69) is 25.3 Å². The van der Waals surface area contributed by atoms with Crippen molar-refractivity contribution in [1.29, 1.82) is 0 Å². The zero-order valence-corrected chi connectivity index (χ0v) is 10.2. The van der Waals surface area contributed by atoms with Crippen molar-refractivity contribution in [3.05, 3.63) is 20.6 Å². The van der Waals surface area contributed by atoms with Gasteiger partial charge in [-0.3, -0.25) is 0 Å². The maximum absolute atomic E-state index is 11.3. The Hall–Kier alpha value is 0.350. The number of hydrogen-bond donors (Lipinski definition) is 2. The smallest absolute Gasteiger partial charge is 0.337 e. The maximum Gasteiger partial charge on any atom is 0.337 e. The highest BCUT2D eigenvalue weighted by molar-refractivity contribution is 8.22. The molecule has 0 aromatic heterocycles. The van der Waals surface area contributed by atoms with Crippen LogP contribution >= 0.6 is 48.8 Å². The van der Waals surface area contributed by atoms with Crippen molar-refractivity contribution < 1.29 is 9.53 Å². The molecule has 0 unspecified atom stereocenters. The van der Waals surface area contributed by atoms with Crippen molar-refractivity contribution >= 4 is 54.8 Å². The second kappa shape index (κ2) is 5.29. The average molecular weight is 252 g/mol. The van der Waals surface area contributed by atoms with Crippen LogP contribution in [0.15, 0.2) is 20.6 Å². The molecule has 0 fully saturated rings. The van der Waals surface area contributed by atoms with E-state index in [9.17, 15) is 4.79 Å². The van der Waals surface area contributed by atoms with Gasteiger partial charge in [-0.2, -0.15) is 0 Å². The number of carbonyl (C=O) groups is 1. The van der Waals surface area contributed by atoms with Gasteiger partial charge in [-0.1, -0.05) is 23.5 Å². The van der Waals surface area contributed by atoms with Gasteiger partial charge in [0.25, 0.3) is 0 Å². The van der Waals surface area contributed by atoms with E-state index in [4.69, 9.17) is 4.74 Å². The van der Waals surface area contributed by atoms with Gasteiger partial charge in [0.2, 0.25) is 4.77 Å². The molecule has 0 aromatic rings. The first kappa shape index (κ1) is 11.4. The predicted molar refractivity (Wildman–Crippen MR) is 64.9 cm³/mol. The van der Waals surface area contributed by atoms with E-state index in [-0.39, 0.29) is 10.7 Å². The van der Waals surface area contributed by atoms with Crippen LogP contribution < -0.4 is 0 Å². The lowest BCUT2D eigenvalue weighted by Gasteiger charge is -2.10. The Bertz CT molecular complexity index is 260. The summed E-state index contributed by atoms with van der Waals surface area (Å²) >= 11 is 10.8. The molecule has 72 valence electrons. The van der Waals surface area contributed by atoms with Crippen molar-refractivity contribution in [2.24, 2.45) is 0 Å². The molecule has 0 aromatic carbocycles. The lowest BCUT2D eigenvalue weighted by atomic mass is 10.4. The zero-order valence-electron chi connectivity index (χ0n) is 6.76. The Balaban J connectivity index is 2.46. The fourth-order valence-electron chi connectivity index (χ4n) is 0.547. The van der Waals surface area contributed by atoms with Crippen LogP contribution in [0.25, 0.3) is 0 Å². The minimum Gasteiger partial charge on any atom is -0.437 e. The number of carbonyl (C=O) groups excluding carboxylic acids is 1. The van der Waals surface area contributed by atoms with Gasteiger partial charge in [0.15, 0.2) is 0 Å². The molecule has 13 heavy (non-hydrogen) atoms. The van der Waals surface area contributed by atoms with Gasteiger partial charge in [-0.25, -0.2) is 4.79 Å². The van der Waals surface area contributed by atoms with Crippen LogP contribution in [0.3, 0.4) is 0 Å². The average Bonchev–Trinajstić information content (AvgIpc) is 2.55. The summed E-state index contributed by atoms with van der Waals surface area (Å²) in [6.07, 6.45) is 0. The number of ether oxygens (including phenoxy) is 1. The Morgan fingerprint density at radius 1 is 1.38 bits per heavy atom. The molecule has 1 aliphatic rings. The van der Waals surface area contributed by atoms with Crippen LogP contribution in [-0.2, 0) is 9.53 Å². The first-order valence-corrected chi connectivity index (χ1v) is 6.15. The SMILES string of the molecule is CC(C(=O)OC1SC=CS1)=C(S)S. The van der Waals surface area contributed by atoms with Gasteiger partial charge in [0.05, 0.1) is 5.57 Å². The first-order chi connectivity index (χ1) is 6.11. The fraction of sp³-hybridized carbons (Fsp3) is 0.286. The Labute approximate surface area is 96.4 Å². The van der Waals surface area contributed by atoms with Gasteiger partial charge in [0, 0.05) is 4.24 Å². The third kappa shape index (κ3) is 3.53. The van der Waals surface area contributed by atoms with E-state index in [1.54, 1.807) is 6.92 Å². The van der Waals surface area contributed by atoms with Crippen LogP contribution in [-0.4, -0.2) is 10.7 Å². The number of thioether (sulfide) groups is 2. The highest BCUT2D eigenvalue weighted by Gasteiger charge is 2.18. The van der Waals surface area contributed by atoms with E-state index >= 15 is 0 Å². The van der Waals surface area contributed by atoms with E-state index in [1.165, 1.54) is 23.5 Å². The largest absolute Gasteiger partial charge is 0.437 e. The highest BCUT2D eigenvalue weighted by Crippen LogP contribution is 2.34. The van der Waals surface area contributed by atoms with Crippen LogP contribution in [0, 0.1) is 0 Å². The van der Waals surface area contributed by atoms with Crippen LogP contribution in [0.2, 0.25) is 0 Å². The van der Waals surface area contributed by atoms with E-state index in [0.29, 0.717) is 9.81 Å². The van der Waals surface area contributed by atoms with Crippen molar-refractivity contribution in [3.63, 3.8) is 0 Å². The quantitative estimate of drug-likeness (QED) is 0.449. The summed E-state index contributed by atoms with van der Waals surface area (Å²) in [4.78, 5) is 11.3. The van der Waals surface area contributed by atoms with Gasteiger partial charge in [-0.15, -0.1) is 25.3 Å². The molecule has 0 spiro atoms. The summed E-state index contributed by atoms with van der Waals surface area (Å²) in [5.41, 5.74) is 0.430. The number of esters is 1. The molecule has 0 atom stereocenters. The second-order valence-electron chi connectivity index (χ2n) is 2.19. The van der Waals surface area contributed by atoms with Crippen LogP contribution in [0.1, 0.15) is 6.92 Å². The number of thiol groups is 2. The van der Waals surface area contributed by atoms with Crippen molar-refractivity contribution in [2.45, 2.75) is 11.7 Å². The minimum absolute atomic E-state index is 0.163. The van der Waals surface area contributed by atoms with E-state index in [0.717, 1.165) is 0 Å². The third-order valence-electron chi connectivity index (χ3n) is 1.28. The Kier molecular flexibility index (Phi) is 4.64.